The van der Waals surface area contributed by atoms with Crippen molar-refractivity contribution in [3.05, 3.63) is 107 Å². The van der Waals surface area contributed by atoms with Crippen LogP contribution < -0.4 is 5.32 Å². The topological polar surface area (TPSA) is 49.4 Å². The number of carbonyl (C=O) groups is 2. The number of halogens is 1. The minimum Gasteiger partial charge on any atom is -0.352 e. The van der Waals surface area contributed by atoms with Crippen LogP contribution in [0.15, 0.2) is 78.9 Å². The van der Waals surface area contributed by atoms with Crippen molar-refractivity contribution in [2.24, 2.45) is 0 Å². The van der Waals surface area contributed by atoms with Gasteiger partial charge in [0.1, 0.15) is 11.9 Å². The maximum absolute atomic E-state index is 14.4. The zero-order chi connectivity index (χ0) is 24.5. The molecule has 0 aliphatic rings. The summed E-state index contributed by atoms with van der Waals surface area (Å²) in [6, 6.07) is 23.0. The number of carbonyl (C=O) groups excluding carboxylic acids is 2. The number of benzene rings is 3. The Morgan fingerprint density at radius 2 is 1.53 bits per heavy atom. The average molecular weight is 461 g/mol. The fourth-order valence-corrected chi connectivity index (χ4v) is 3.87. The van der Waals surface area contributed by atoms with E-state index in [1.54, 1.807) is 23.1 Å². The fraction of sp³-hybridized carbons (Fsp3) is 0.310. The third kappa shape index (κ3) is 6.77. The molecule has 0 radical (unpaired) electrons. The zero-order valence-electron chi connectivity index (χ0n) is 20.1. The molecule has 34 heavy (non-hydrogen) atoms. The second-order valence-electron chi connectivity index (χ2n) is 8.74. The van der Waals surface area contributed by atoms with Crippen molar-refractivity contribution in [1.82, 2.24) is 10.2 Å². The maximum Gasteiger partial charge on any atom is 0.243 e. The number of aryl methyl sites for hydroxylation is 1. The number of hydrogen-bond acceptors (Lipinski definition) is 2. The van der Waals surface area contributed by atoms with Crippen LogP contribution in [0.4, 0.5) is 4.39 Å². The van der Waals surface area contributed by atoms with Gasteiger partial charge in [-0.2, -0.15) is 0 Å². The van der Waals surface area contributed by atoms with Crippen LogP contribution in [0.2, 0.25) is 0 Å². The number of hydrogen-bond donors (Lipinski definition) is 1. The van der Waals surface area contributed by atoms with Crippen molar-refractivity contribution in [2.75, 3.05) is 0 Å². The van der Waals surface area contributed by atoms with E-state index in [4.69, 9.17) is 0 Å². The van der Waals surface area contributed by atoms with Gasteiger partial charge in [0.15, 0.2) is 0 Å². The molecule has 0 aliphatic heterocycles. The van der Waals surface area contributed by atoms with Crippen molar-refractivity contribution >= 4 is 11.8 Å². The molecule has 4 nitrogen and oxygen atoms in total. The second kappa shape index (κ2) is 12.1. The minimum atomic E-state index is -0.727. The van der Waals surface area contributed by atoms with Gasteiger partial charge in [-0.25, -0.2) is 4.39 Å². The SMILES string of the molecule is CC[C@H](C)NC(=O)[C@@H](Cc1ccccc1)N(Cc1ccccc1C)C(=O)Cc1ccccc1F. The highest BCUT2D eigenvalue weighted by atomic mass is 19.1. The Labute approximate surface area is 201 Å². The van der Waals surface area contributed by atoms with E-state index in [9.17, 15) is 14.0 Å². The van der Waals surface area contributed by atoms with Crippen LogP contribution in [0.1, 0.15) is 42.5 Å². The smallest absolute Gasteiger partial charge is 0.243 e. The van der Waals surface area contributed by atoms with Crippen LogP contribution in [-0.4, -0.2) is 28.8 Å². The van der Waals surface area contributed by atoms with E-state index < -0.39 is 11.9 Å². The molecule has 0 unspecified atom stereocenters. The summed E-state index contributed by atoms with van der Waals surface area (Å²) in [7, 11) is 0. The highest BCUT2D eigenvalue weighted by molar-refractivity contribution is 5.89. The van der Waals surface area contributed by atoms with Crippen molar-refractivity contribution in [3.63, 3.8) is 0 Å². The van der Waals surface area contributed by atoms with Crippen molar-refractivity contribution in [2.45, 2.75) is 58.7 Å². The van der Waals surface area contributed by atoms with Gasteiger partial charge in [-0.15, -0.1) is 0 Å². The number of amides is 2. The number of nitrogens with one attached hydrogen (secondary N) is 1. The normalized spacial score (nSPS) is 12.6. The Morgan fingerprint density at radius 3 is 2.18 bits per heavy atom. The molecule has 2 amide bonds. The lowest BCUT2D eigenvalue weighted by atomic mass is 10.00. The molecule has 0 fully saturated rings. The van der Waals surface area contributed by atoms with Gasteiger partial charge >= 0.3 is 0 Å². The van der Waals surface area contributed by atoms with E-state index in [-0.39, 0.29) is 30.8 Å². The standard InChI is InChI=1S/C29H33FN2O2/c1-4-22(3)31-29(34)27(18-23-13-6-5-7-14-23)32(20-25-16-9-8-12-21(25)2)28(33)19-24-15-10-11-17-26(24)30/h5-17,22,27H,4,18-20H2,1-3H3,(H,31,34)/t22-,27+/m0/s1. The molecule has 0 bridgehead atoms. The van der Waals surface area contributed by atoms with Gasteiger partial charge in [0.25, 0.3) is 0 Å². The van der Waals surface area contributed by atoms with E-state index in [1.165, 1.54) is 6.07 Å². The summed E-state index contributed by atoms with van der Waals surface area (Å²) in [4.78, 5) is 28.7. The molecule has 0 saturated heterocycles. The monoisotopic (exact) mass is 460 g/mol. The summed E-state index contributed by atoms with van der Waals surface area (Å²) in [5.74, 6) is -0.905. The molecule has 3 rings (SSSR count). The predicted octanol–water partition coefficient (Wildman–Crippen LogP) is 5.23. The summed E-state index contributed by atoms with van der Waals surface area (Å²) in [6.45, 7) is 6.21. The Hall–Kier alpha value is -3.47. The Kier molecular flexibility index (Phi) is 8.97. The third-order valence-electron chi connectivity index (χ3n) is 6.17. The first-order valence-electron chi connectivity index (χ1n) is 11.8. The van der Waals surface area contributed by atoms with E-state index in [1.807, 2.05) is 75.4 Å². The van der Waals surface area contributed by atoms with Crippen LogP contribution in [0.3, 0.4) is 0 Å². The van der Waals surface area contributed by atoms with Crippen molar-refractivity contribution in [3.8, 4) is 0 Å². The molecule has 0 aliphatic carbocycles. The molecule has 0 aromatic heterocycles. The average Bonchev–Trinajstić information content (AvgIpc) is 2.84. The molecule has 2 atom stereocenters. The van der Waals surface area contributed by atoms with Gasteiger partial charge in [0.2, 0.25) is 11.8 Å². The van der Waals surface area contributed by atoms with Gasteiger partial charge in [-0.05, 0) is 48.6 Å². The molecule has 5 heteroatoms. The summed E-state index contributed by atoms with van der Waals surface area (Å²) in [5, 5.41) is 3.05. The fourth-order valence-electron chi connectivity index (χ4n) is 3.87. The largest absolute Gasteiger partial charge is 0.352 e. The summed E-state index contributed by atoms with van der Waals surface area (Å²) in [5.41, 5.74) is 3.27. The molecule has 0 spiro atoms. The van der Waals surface area contributed by atoms with Gasteiger partial charge in [-0.1, -0.05) is 79.7 Å². The Balaban J connectivity index is 2.00. The van der Waals surface area contributed by atoms with Crippen LogP contribution in [0.25, 0.3) is 0 Å². The highest BCUT2D eigenvalue weighted by Crippen LogP contribution is 2.19. The van der Waals surface area contributed by atoms with Gasteiger partial charge in [-0.3, -0.25) is 9.59 Å². The molecule has 1 N–H and O–H groups in total. The molecular weight excluding hydrogens is 427 g/mol. The molecular formula is C29H33FN2O2. The van der Waals surface area contributed by atoms with Crippen LogP contribution in [-0.2, 0) is 29.0 Å². The first-order valence-corrected chi connectivity index (χ1v) is 11.8. The van der Waals surface area contributed by atoms with Gasteiger partial charge < -0.3 is 10.2 Å². The summed E-state index contributed by atoms with van der Waals surface area (Å²) in [6.07, 6.45) is 1.04. The number of nitrogens with zero attached hydrogens (tertiary/aromatic N) is 1. The summed E-state index contributed by atoms with van der Waals surface area (Å²) < 4.78 is 14.4. The third-order valence-corrected chi connectivity index (χ3v) is 6.17. The Bertz CT molecular complexity index is 1100. The molecule has 3 aromatic carbocycles. The molecule has 3 aromatic rings. The van der Waals surface area contributed by atoms with E-state index in [2.05, 4.69) is 5.32 Å². The lowest BCUT2D eigenvalue weighted by Gasteiger charge is -2.33. The van der Waals surface area contributed by atoms with Crippen LogP contribution >= 0.6 is 0 Å². The van der Waals surface area contributed by atoms with Crippen molar-refractivity contribution < 1.29 is 14.0 Å². The first-order chi connectivity index (χ1) is 16.4. The summed E-state index contributed by atoms with van der Waals surface area (Å²) >= 11 is 0. The van der Waals surface area contributed by atoms with Crippen LogP contribution in [0.5, 0.6) is 0 Å². The highest BCUT2D eigenvalue weighted by Gasteiger charge is 2.31. The molecule has 178 valence electrons. The minimum absolute atomic E-state index is 0.0206. The quantitative estimate of drug-likeness (QED) is 0.450. The maximum atomic E-state index is 14.4. The molecule has 0 saturated carbocycles. The Morgan fingerprint density at radius 1 is 0.912 bits per heavy atom. The second-order valence-corrected chi connectivity index (χ2v) is 8.74. The first kappa shape index (κ1) is 25.2. The van der Waals surface area contributed by atoms with Crippen molar-refractivity contribution in [1.29, 1.82) is 0 Å². The van der Waals surface area contributed by atoms with Gasteiger partial charge in [0.05, 0.1) is 6.42 Å². The number of rotatable bonds is 10. The predicted molar refractivity (Wildman–Crippen MR) is 134 cm³/mol. The lowest BCUT2D eigenvalue weighted by Crippen LogP contribution is -2.52. The van der Waals surface area contributed by atoms with Gasteiger partial charge in [0, 0.05) is 19.0 Å². The molecule has 0 heterocycles. The zero-order valence-corrected chi connectivity index (χ0v) is 20.1. The van der Waals surface area contributed by atoms with E-state index >= 15 is 0 Å². The lowest BCUT2D eigenvalue weighted by molar-refractivity contribution is -0.141. The van der Waals surface area contributed by atoms with E-state index in [0.717, 1.165) is 23.1 Å². The van der Waals surface area contributed by atoms with Crippen LogP contribution in [0, 0.1) is 12.7 Å². The van der Waals surface area contributed by atoms with E-state index in [0.29, 0.717) is 12.0 Å².